The molecule has 108 valence electrons. The van der Waals surface area contributed by atoms with Gasteiger partial charge in [0.2, 0.25) is 0 Å². The van der Waals surface area contributed by atoms with Gasteiger partial charge >= 0.3 is 0 Å². The Morgan fingerprint density at radius 3 is 2.95 bits per heavy atom. The van der Waals surface area contributed by atoms with E-state index in [0.717, 1.165) is 38.2 Å². The lowest BCUT2D eigenvalue weighted by Gasteiger charge is -2.11. The van der Waals surface area contributed by atoms with Crippen LogP contribution in [0.1, 0.15) is 18.4 Å². The van der Waals surface area contributed by atoms with Crippen molar-refractivity contribution in [2.45, 2.75) is 19.4 Å². The van der Waals surface area contributed by atoms with E-state index in [4.69, 9.17) is 4.74 Å². The first-order valence-electron chi connectivity index (χ1n) is 6.42. The fraction of sp³-hybridized carbons (Fsp3) is 0.615. The molecular formula is C13H22IN3OS. The van der Waals surface area contributed by atoms with Crippen molar-refractivity contribution >= 4 is 41.3 Å². The molecule has 0 aliphatic heterocycles. The molecule has 0 bridgehead atoms. The maximum absolute atomic E-state index is 5.56. The van der Waals surface area contributed by atoms with Crippen LogP contribution in [0.5, 0.6) is 0 Å². The summed E-state index contributed by atoms with van der Waals surface area (Å²) < 4.78 is 5.56. The van der Waals surface area contributed by atoms with Crippen molar-refractivity contribution in [3.8, 4) is 0 Å². The number of rotatable bonds is 7. The van der Waals surface area contributed by atoms with E-state index in [1.807, 2.05) is 0 Å². The van der Waals surface area contributed by atoms with Crippen LogP contribution in [0, 0.1) is 5.92 Å². The third-order valence-corrected chi connectivity index (χ3v) is 3.59. The predicted octanol–water partition coefficient (Wildman–Crippen LogP) is 2.46. The molecule has 0 saturated heterocycles. The van der Waals surface area contributed by atoms with E-state index in [1.165, 1.54) is 18.4 Å². The second kappa shape index (κ2) is 9.55. The Balaban J connectivity index is 0.00000180. The van der Waals surface area contributed by atoms with Gasteiger partial charge in [-0.05, 0) is 41.1 Å². The van der Waals surface area contributed by atoms with Gasteiger partial charge in [0.05, 0.1) is 6.61 Å². The van der Waals surface area contributed by atoms with E-state index in [9.17, 15) is 0 Å². The highest BCUT2D eigenvalue weighted by atomic mass is 127. The van der Waals surface area contributed by atoms with Crippen LogP contribution in [0.3, 0.4) is 0 Å². The molecule has 2 rings (SSSR count). The van der Waals surface area contributed by atoms with Crippen molar-refractivity contribution in [2.24, 2.45) is 10.9 Å². The number of nitrogens with one attached hydrogen (secondary N) is 2. The maximum Gasteiger partial charge on any atom is 0.191 e. The lowest BCUT2D eigenvalue weighted by Crippen LogP contribution is -2.38. The number of hydrogen-bond acceptors (Lipinski definition) is 3. The number of nitrogens with zero attached hydrogens (tertiary/aromatic N) is 1. The van der Waals surface area contributed by atoms with E-state index < -0.39 is 0 Å². The molecule has 1 heterocycles. The zero-order valence-corrected chi connectivity index (χ0v) is 14.4. The topological polar surface area (TPSA) is 45.7 Å². The molecule has 1 aliphatic carbocycles. The quantitative estimate of drug-likeness (QED) is 0.323. The molecule has 6 heteroatoms. The maximum atomic E-state index is 5.56. The van der Waals surface area contributed by atoms with Gasteiger partial charge in [0.15, 0.2) is 5.96 Å². The van der Waals surface area contributed by atoms with Crippen molar-refractivity contribution in [1.82, 2.24) is 10.6 Å². The molecule has 1 aliphatic rings. The molecule has 1 fully saturated rings. The van der Waals surface area contributed by atoms with Gasteiger partial charge in [-0.3, -0.25) is 4.99 Å². The fourth-order valence-electron chi connectivity index (χ4n) is 1.58. The van der Waals surface area contributed by atoms with Crippen molar-refractivity contribution in [3.63, 3.8) is 0 Å². The van der Waals surface area contributed by atoms with Crippen molar-refractivity contribution in [2.75, 3.05) is 26.8 Å². The largest absolute Gasteiger partial charge is 0.379 e. The third kappa shape index (κ3) is 7.12. The molecule has 19 heavy (non-hydrogen) atoms. The van der Waals surface area contributed by atoms with Crippen molar-refractivity contribution in [1.29, 1.82) is 0 Å². The van der Waals surface area contributed by atoms with Crippen LogP contribution in [-0.2, 0) is 11.3 Å². The van der Waals surface area contributed by atoms with E-state index >= 15 is 0 Å². The normalized spacial score (nSPS) is 14.9. The highest BCUT2D eigenvalue weighted by molar-refractivity contribution is 14.0. The number of ether oxygens (including phenoxy) is 1. The average Bonchev–Trinajstić information content (AvgIpc) is 3.06. The number of hydrogen-bond donors (Lipinski definition) is 2. The van der Waals surface area contributed by atoms with Gasteiger partial charge in [0.1, 0.15) is 0 Å². The first-order valence-corrected chi connectivity index (χ1v) is 7.36. The van der Waals surface area contributed by atoms with Crippen LogP contribution < -0.4 is 10.6 Å². The minimum atomic E-state index is 0. The van der Waals surface area contributed by atoms with E-state index in [2.05, 4.69) is 32.5 Å². The summed E-state index contributed by atoms with van der Waals surface area (Å²) in [6, 6.07) is 2.11. The Morgan fingerprint density at radius 1 is 1.47 bits per heavy atom. The summed E-state index contributed by atoms with van der Waals surface area (Å²) in [7, 11) is 1.79. The lowest BCUT2D eigenvalue weighted by molar-refractivity contribution is 0.129. The van der Waals surface area contributed by atoms with Gasteiger partial charge in [-0.25, -0.2) is 0 Å². The monoisotopic (exact) mass is 395 g/mol. The average molecular weight is 395 g/mol. The van der Waals surface area contributed by atoms with Gasteiger partial charge in [-0.1, -0.05) is 0 Å². The van der Waals surface area contributed by atoms with Gasteiger partial charge < -0.3 is 15.4 Å². The summed E-state index contributed by atoms with van der Waals surface area (Å²) in [5.74, 6) is 1.66. The smallest absolute Gasteiger partial charge is 0.191 e. The Labute approximate surface area is 136 Å². The number of thiophene rings is 1. The van der Waals surface area contributed by atoms with E-state index in [1.54, 1.807) is 18.4 Å². The molecule has 2 N–H and O–H groups in total. The summed E-state index contributed by atoms with van der Waals surface area (Å²) in [5.41, 5.74) is 1.29. The molecular weight excluding hydrogens is 373 g/mol. The van der Waals surface area contributed by atoms with Crippen LogP contribution in [-0.4, -0.2) is 32.8 Å². The molecule has 1 aromatic heterocycles. The second-order valence-corrected chi connectivity index (χ2v) is 5.28. The van der Waals surface area contributed by atoms with Crippen LogP contribution in [0.4, 0.5) is 0 Å². The highest BCUT2D eigenvalue weighted by Crippen LogP contribution is 2.28. The molecule has 0 atom stereocenters. The third-order valence-electron chi connectivity index (χ3n) is 2.85. The number of guanidine groups is 1. The van der Waals surface area contributed by atoms with Crippen LogP contribution in [0.25, 0.3) is 0 Å². The first-order chi connectivity index (χ1) is 8.88. The minimum absolute atomic E-state index is 0. The SMILES string of the molecule is CN=C(NCCOCC1CC1)NCc1ccsc1.I. The molecule has 0 unspecified atom stereocenters. The van der Waals surface area contributed by atoms with Gasteiger partial charge in [0, 0.05) is 26.7 Å². The zero-order chi connectivity index (χ0) is 12.6. The van der Waals surface area contributed by atoms with Crippen LogP contribution >= 0.6 is 35.3 Å². The van der Waals surface area contributed by atoms with E-state index in [-0.39, 0.29) is 24.0 Å². The lowest BCUT2D eigenvalue weighted by atomic mass is 10.3. The van der Waals surface area contributed by atoms with E-state index in [0.29, 0.717) is 0 Å². The summed E-state index contributed by atoms with van der Waals surface area (Å²) in [6.45, 7) is 3.28. The van der Waals surface area contributed by atoms with Crippen molar-refractivity contribution in [3.05, 3.63) is 22.4 Å². The Kier molecular flexibility index (Phi) is 8.40. The van der Waals surface area contributed by atoms with Crippen molar-refractivity contribution < 1.29 is 4.74 Å². The molecule has 0 amide bonds. The predicted molar refractivity (Wildman–Crippen MR) is 91.5 cm³/mol. The molecule has 0 aromatic carbocycles. The summed E-state index contributed by atoms with van der Waals surface area (Å²) in [4.78, 5) is 4.17. The molecule has 0 radical (unpaired) electrons. The Bertz CT molecular complexity index is 366. The zero-order valence-electron chi connectivity index (χ0n) is 11.2. The molecule has 4 nitrogen and oxygen atoms in total. The van der Waals surface area contributed by atoms with Crippen LogP contribution in [0.15, 0.2) is 21.8 Å². The minimum Gasteiger partial charge on any atom is -0.379 e. The fourth-order valence-corrected chi connectivity index (χ4v) is 2.24. The summed E-state index contributed by atoms with van der Waals surface area (Å²) in [5, 5.41) is 10.7. The first kappa shape index (κ1) is 16.7. The second-order valence-electron chi connectivity index (χ2n) is 4.50. The standard InChI is InChI=1S/C13H21N3OS.HI/c1-14-13(16-8-12-4-7-18-10-12)15-5-6-17-9-11-2-3-11;/h4,7,10-11H,2-3,5-6,8-9H2,1H3,(H2,14,15,16);1H. The number of halogens is 1. The summed E-state index contributed by atoms with van der Waals surface area (Å²) in [6.07, 6.45) is 2.69. The number of aliphatic imine (C=N–C) groups is 1. The Morgan fingerprint density at radius 2 is 2.32 bits per heavy atom. The molecule has 1 aromatic rings. The summed E-state index contributed by atoms with van der Waals surface area (Å²) >= 11 is 1.71. The molecule has 1 saturated carbocycles. The highest BCUT2D eigenvalue weighted by Gasteiger charge is 2.20. The van der Waals surface area contributed by atoms with Gasteiger partial charge in [-0.15, -0.1) is 24.0 Å². The molecule has 0 spiro atoms. The van der Waals surface area contributed by atoms with Gasteiger partial charge in [0.25, 0.3) is 0 Å². The van der Waals surface area contributed by atoms with Gasteiger partial charge in [-0.2, -0.15) is 11.3 Å². The Hall–Kier alpha value is -0.340. The van der Waals surface area contributed by atoms with Crippen LogP contribution in [0.2, 0.25) is 0 Å².